The van der Waals surface area contributed by atoms with Gasteiger partial charge >= 0.3 is 6.16 Å². The lowest BCUT2D eigenvalue weighted by Crippen LogP contribution is -2.16. The third-order valence-corrected chi connectivity index (χ3v) is 1.74. The van der Waals surface area contributed by atoms with Crippen LogP contribution in [-0.2, 0) is 9.47 Å². The molecule has 0 aliphatic heterocycles. The SMILES string of the molecule is CCOCCCC(CC)OC(=O)O. The highest BCUT2D eigenvalue weighted by Crippen LogP contribution is 2.06. The van der Waals surface area contributed by atoms with E-state index in [2.05, 4.69) is 4.74 Å². The first-order valence-electron chi connectivity index (χ1n) is 4.68. The van der Waals surface area contributed by atoms with Crippen LogP contribution in [0.2, 0.25) is 0 Å². The van der Waals surface area contributed by atoms with Crippen molar-refractivity contribution >= 4 is 6.16 Å². The normalized spacial score (nSPS) is 12.5. The maximum Gasteiger partial charge on any atom is 0.506 e. The van der Waals surface area contributed by atoms with Gasteiger partial charge in [0.25, 0.3) is 0 Å². The summed E-state index contributed by atoms with van der Waals surface area (Å²) in [5.74, 6) is 0. The van der Waals surface area contributed by atoms with Crippen molar-refractivity contribution in [2.75, 3.05) is 13.2 Å². The van der Waals surface area contributed by atoms with Crippen molar-refractivity contribution < 1.29 is 19.4 Å². The summed E-state index contributed by atoms with van der Waals surface area (Å²) in [6.07, 6.45) is 0.933. The number of hydrogen-bond donors (Lipinski definition) is 1. The third-order valence-electron chi connectivity index (χ3n) is 1.74. The van der Waals surface area contributed by atoms with E-state index < -0.39 is 6.16 Å². The molecule has 78 valence electrons. The monoisotopic (exact) mass is 190 g/mol. The van der Waals surface area contributed by atoms with Crippen LogP contribution in [0.15, 0.2) is 0 Å². The van der Waals surface area contributed by atoms with E-state index in [-0.39, 0.29) is 6.10 Å². The van der Waals surface area contributed by atoms with Crippen LogP contribution in [0.5, 0.6) is 0 Å². The van der Waals surface area contributed by atoms with E-state index in [0.717, 1.165) is 19.3 Å². The molecule has 0 aromatic heterocycles. The Balaban J connectivity index is 3.42. The van der Waals surface area contributed by atoms with Crippen molar-refractivity contribution in [3.05, 3.63) is 0 Å². The Morgan fingerprint density at radius 2 is 2.15 bits per heavy atom. The summed E-state index contributed by atoms with van der Waals surface area (Å²) in [4.78, 5) is 10.2. The fourth-order valence-corrected chi connectivity index (χ4v) is 1.05. The van der Waals surface area contributed by atoms with Crippen LogP contribution < -0.4 is 0 Å². The van der Waals surface area contributed by atoms with Gasteiger partial charge in [-0.05, 0) is 26.2 Å². The van der Waals surface area contributed by atoms with E-state index >= 15 is 0 Å². The Hall–Kier alpha value is -0.770. The predicted octanol–water partition coefficient (Wildman–Crippen LogP) is 2.28. The molecule has 0 aromatic rings. The molecular weight excluding hydrogens is 172 g/mol. The zero-order valence-electron chi connectivity index (χ0n) is 8.28. The van der Waals surface area contributed by atoms with Crippen LogP contribution in [0.25, 0.3) is 0 Å². The number of rotatable bonds is 7. The van der Waals surface area contributed by atoms with Crippen molar-refractivity contribution in [1.29, 1.82) is 0 Å². The van der Waals surface area contributed by atoms with Gasteiger partial charge in [0.15, 0.2) is 0 Å². The van der Waals surface area contributed by atoms with Crippen LogP contribution in [0, 0.1) is 0 Å². The smallest absolute Gasteiger partial charge is 0.450 e. The molecule has 0 heterocycles. The van der Waals surface area contributed by atoms with Crippen molar-refractivity contribution in [3.63, 3.8) is 0 Å². The molecule has 13 heavy (non-hydrogen) atoms. The number of carboxylic acid groups (broad SMARTS) is 1. The van der Waals surface area contributed by atoms with Gasteiger partial charge in [-0.2, -0.15) is 0 Å². The van der Waals surface area contributed by atoms with Crippen LogP contribution in [0.1, 0.15) is 33.1 Å². The topological polar surface area (TPSA) is 55.8 Å². The van der Waals surface area contributed by atoms with Crippen LogP contribution in [-0.4, -0.2) is 30.6 Å². The zero-order valence-corrected chi connectivity index (χ0v) is 8.28. The molecule has 0 aliphatic rings. The lowest BCUT2D eigenvalue weighted by atomic mass is 10.1. The first kappa shape index (κ1) is 12.2. The van der Waals surface area contributed by atoms with Gasteiger partial charge < -0.3 is 14.6 Å². The van der Waals surface area contributed by atoms with Gasteiger partial charge in [0.05, 0.1) is 0 Å². The van der Waals surface area contributed by atoms with Gasteiger partial charge in [0.1, 0.15) is 6.10 Å². The highest BCUT2D eigenvalue weighted by molar-refractivity contribution is 5.57. The van der Waals surface area contributed by atoms with Crippen LogP contribution in [0.4, 0.5) is 4.79 Å². The summed E-state index contributed by atoms with van der Waals surface area (Å²) >= 11 is 0. The van der Waals surface area contributed by atoms with Crippen molar-refractivity contribution in [1.82, 2.24) is 0 Å². The molecular formula is C9H18O4. The molecule has 0 bridgehead atoms. The molecule has 4 nitrogen and oxygen atoms in total. The van der Waals surface area contributed by atoms with Gasteiger partial charge in [-0.3, -0.25) is 0 Å². The largest absolute Gasteiger partial charge is 0.506 e. The summed E-state index contributed by atoms with van der Waals surface area (Å²) in [5.41, 5.74) is 0. The van der Waals surface area contributed by atoms with Gasteiger partial charge in [-0.15, -0.1) is 0 Å². The van der Waals surface area contributed by atoms with Gasteiger partial charge in [-0.1, -0.05) is 6.92 Å². The molecule has 0 saturated carbocycles. The van der Waals surface area contributed by atoms with E-state index in [9.17, 15) is 4.79 Å². The van der Waals surface area contributed by atoms with Crippen molar-refractivity contribution in [2.24, 2.45) is 0 Å². The Bertz CT molecular complexity index is 136. The standard InChI is InChI=1S/C9H18O4/c1-3-8(13-9(10)11)6-5-7-12-4-2/h8H,3-7H2,1-2H3,(H,10,11). The van der Waals surface area contributed by atoms with Crippen LogP contribution in [0.3, 0.4) is 0 Å². The second kappa shape index (κ2) is 7.86. The Morgan fingerprint density at radius 1 is 1.46 bits per heavy atom. The zero-order chi connectivity index (χ0) is 10.1. The van der Waals surface area contributed by atoms with Crippen molar-refractivity contribution in [2.45, 2.75) is 39.2 Å². The summed E-state index contributed by atoms with van der Waals surface area (Å²) in [6.45, 7) is 5.23. The molecule has 1 atom stereocenters. The van der Waals surface area contributed by atoms with E-state index in [0.29, 0.717) is 13.2 Å². The predicted molar refractivity (Wildman–Crippen MR) is 48.9 cm³/mol. The van der Waals surface area contributed by atoms with E-state index in [1.165, 1.54) is 0 Å². The molecule has 0 radical (unpaired) electrons. The molecule has 0 spiro atoms. The highest BCUT2D eigenvalue weighted by Gasteiger charge is 2.10. The fourth-order valence-electron chi connectivity index (χ4n) is 1.05. The average molecular weight is 190 g/mol. The first-order valence-corrected chi connectivity index (χ1v) is 4.68. The minimum atomic E-state index is -1.19. The highest BCUT2D eigenvalue weighted by atomic mass is 16.7. The van der Waals surface area contributed by atoms with Crippen LogP contribution >= 0.6 is 0 Å². The molecule has 0 amide bonds. The van der Waals surface area contributed by atoms with E-state index in [1.807, 2.05) is 13.8 Å². The second-order valence-electron chi connectivity index (χ2n) is 2.75. The molecule has 0 aromatic carbocycles. The van der Waals surface area contributed by atoms with E-state index in [4.69, 9.17) is 9.84 Å². The van der Waals surface area contributed by atoms with Gasteiger partial charge in [-0.25, -0.2) is 4.79 Å². The van der Waals surface area contributed by atoms with Gasteiger partial charge in [0.2, 0.25) is 0 Å². The summed E-state index contributed by atoms with van der Waals surface area (Å²) in [6, 6.07) is 0. The first-order chi connectivity index (χ1) is 6.20. The molecule has 0 aliphatic carbocycles. The lowest BCUT2D eigenvalue weighted by Gasteiger charge is -2.13. The average Bonchev–Trinajstić information content (AvgIpc) is 2.09. The number of ether oxygens (including phenoxy) is 2. The minimum Gasteiger partial charge on any atom is -0.450 e. The summed E-state index contributed by atoms with van der Waals surface area (Å²) in [5, 5.41) is 8.36. The van der Waals surface area contributed by atoms with Crippen molar-refractivity contribution in [3.8, 4) is 0 Å². The fraction of sp³-hybridized carbons (Fsp3) is 0.889. The lowest BCUT2D eigenvalue weighted by molar-refractivity contribution is 0.0405. The Labute approximate surface area is 78.8 Å². The maximum absolute atomic E-state index is 10.2. The third kappa shape index (κ3) is 7.59. The number of carbonyl (C=O) groups is 1. The quantitative estimate of drug-likeness (QED) is 0.494. The Kier molecular flexibility index (Phi) is 7.39. The summed E-state index contributed by atoms with van der Waals surface area (Å²) < 4.78 is 9.77. The molecule has 0 fully saturated rings. The number of hydrogen-bond acceptors (Lipinski definition) is 3. The molecule has 0 saturated heterocycles. The van der Waals surface area contributed by atoms with E-state index in [1.54, 1.807) is 0 Å². The second-order valence-corrected chi connectivity index (χ2v) is 2.75. The summed E-state index contributed by atoms with van der Waals surface area (Å²) in [7, 11) is 0. The molecule has 0 rings (SSSR count). The van der Waals surface area contributed by atoms with Gasteiger partial charge in [0, 0.05) is 13.2 Å². The molecule has 1 N–H and O–H groups in total. The minimum absolute atomic E-state index is 0.182. The Morgan fingerprint density at radius 3 is 2.62 bits per heavy atom. The molecule has 1 unspecified atom stereocenters. The molecule has 4 heteroatoms. The maximum atomic E-state index is 10.2.